The van der Waals surface area contributed by atoms with Crippen LogP contribution in [-0.4, -0.2) is 28.7 Å². The molecule has 1 aromatic heterocycles. The minimum atomic E-state index is -3.87. The smallest absolute Gasteiger partial charge is 0.264 e. The van der Waals surface area contributed by atoms with Gasteiger partial charge in [0.1, 0.15) is 5.82 Å². The van der Waals surface area contributed by atoms with E-state index in [1.165, 1.54) is 4.31 Å². The maximum atomic E-state index is 13.7. The van der Waals surface area contributed by atoms with Crippen LogP contribution in [0, 0.1) is 6.92 Å². The standard InChI is InChI=1S/C22H27ClN4O2S/c1-15(2)26-16(3)24-25-21(26)19-13-12-17(23)14-20(19)27(22(4,5)6)30(28,29)18-10-8-7-9-11-18/h7-15H,1-6H3. The zero-order valence-corrected chi connectivity index (χ0v) is 19.7. The van der Waals surface area contributed by atoms with Gasteiger partial charge in [0.25, 0.3) is 10.0 Å². The van der Waals surface area contributed by atoms with E-state index in [1.54, 1.807) is 48.5 Å². The lowest BCUT2D eigenvalue weighted by Crippen LogP contribution is -2.46. The Morgan fingerprint density at radius 3 is 2.23 bits per heavy atom. The molecule has 3 aromatic rings. The van der Waals surface area contributed by atoms with Gasteiger partial charge in [-0.3, -0.25) is 4.31 Å². The third-order valence-corrected chi connectivity index (χ3v) is 7.02. The largest absolute Gasteiger partial charge is 0.309 e. The average Bonchev–Trinajstić information content (AvgIpc) is 3.03. The summed E-state index contributed by atoms with van der Waals surface area (Å²) in [6.07, 6.45) is 0. The van der Waals surface area contributed by atoms with Crippen molar-refractivity contribution in [3.05, 3.63) is 59.4 Å². The van der Waals surface area contributed by atoms with Gasteiger partial charge in [-0.15, -0.1) is 10.2 Å². The summed E-state index contributed by atoms with van der Waals surface area (Å²) in [5, 5.41) is 9.04. The molecular formula is C22H27ClN4O2S. The van der Waals surface area contributed by atoms with Crippen LogP contribution >= 0.6 is 11.6 Å². The van der Waals surface area contributed by atoms with Gasteiger partial charge >= 0.3 is 0 Å². The number of benzene rings is 2. The second kappa shape index (κ2) is 8.04. The highest BCUT2D eigenvalue weighted by Crippen LogP contribution is 2.40. The molecule has 0 saturated heterocycles. The fourth-order valence-electron chi connectivity index (χ4n) is 3.58. The molecule has 1 heterocycles. The predicted octanol–water partition coefficient (Wildman–Crippen LogP) is 5.48. The van der Waals surface area contributed by atoms with Crippen LogP contribution in [0.15, 0.2) is 53.4 Å². The molecule has 0 aliphatic heterocycles. The molecule has 3 rings (SSSR count). The lowest BCUT2D eigenvalue weighted by molar-refractivity contribution is 0.535. The third kappa shape index (κ3) is 4.09. The Morgan fingerprint density at radius 2 is 1.67 bits per heavy atom. The first-order valence-corrected chi connectivity index (χ1v) is 11.6. The molecule has 0 spiro atoms. The molecule has 0 saturated carbocycles. The van der Waals surface area contributed by atoms with Crippen LogP contribution in [0.2, 0.25) is 5.02 Å². The summed E-state index contributed by atoms with van der Waals surface area (Å²) in [6, 6.07) is 13.7. The first-order valence-electron chi connectivity index (χ1n) is 9.76. The van der Waals surface area contributed by atoms with Crippen molar-refractivity contribution >= 4 is 27.3 Å². The molecule has 0 aliphatic rings. The highest BCUT2D eigenvalue weighted by Gasteiger charge is 2.36. The van der Waals surface area contributed by atoms with Crippen molar-refractivity contribution in [2.45, 2.75) is 58.0 Å². The molecule has 30 heavy (non-hydrogen) atoms. The molecular weight excluding hydrogens is 420 g/mol. The monoisotopic (exact) mass is 446 g/mol. The number of aromatic nitrogens is 3. The third-order valence-electron chi connectivity index (χ3n) is 4.69. The van der Waals surface area contributed by atoms with Crippen molar-refractivity contribution in [1.29, 1.82) is 0 Å². The van der Waals surface area contributed by atoms with E-state index in [0.717, 1.165) is 5.82 Å². The van der Waals surface area contributed by atoms with Crippen LogP contribution in [0.25, 0.3) is 11.4 Å². The summed E-state index contributed by atoms with van der Waals surface area (Å²) in [4.78, 5) is 0.215. The second-order valence-corrected chi connectivity index (χ2v) is 10.7. The normalized spacial score (nSPS) is 12.4. The van der Waals surface area contributed by atoms with E-state index in [-0.39, 0.29) is 10.9 Å². The van der Waals surface area contributed by atoms with Gasteiger partial charge in [-0.2, -0.15) is 0 Å². The zero-order valence-electron chi connectivity index (χ0n) is 18.1. The molecule has 160 valence electrons. The van der Waals surface area contributed by atoms with Crippen molar-refractivity contribution in [3.8, 4) is 11.4 Å². The first-order chi connectivity index (χ1) is 13.9. The van der Waals surface area contributed by atoms with Gasteiger partial charge in [0.15, 0.2) is 5.82 Å². The molecule has 0 bridgehead atoms. The Bertz CT molecular complexity index is 1150. The zero-order chi connectivity index (χ0) is 22.3. The Balaban J connectivity index is 2.33. The lowest BCUT2D eigenvalue weighted by atomic mass is 10.1. The van der Waals surface area contributed by atoms with Gasteiger partial charge in [-0.1, -0.05) is 29.8 Å². The molecule has 0 atom stereocenters. The van der Waals surface area contributed by atoms with Crippen LogP contribution < -0.4 is 4.31 Å². The van der Waals surface area contributed by atoms with Gasteiger partial charge in [-0.05, 0) is 71.9 Å². The Hall–Kier alpha value is -2.38. The van der Waals surface area contributed by atoms with Crippen LogP contribution in [0.5, 0.6) is 0 Å². The number of halogens is 1. The van der Waals surface area contributed by atoms with E-state index in [9.17, 15) is 8.42 Å². The number of nitrogens with zero attached hydrogens (tertiary/aromatic N) is 4. The fourth-order valence-corrected chi connectivity index (χ4v) is 5.59. The lowest BCUT2D eigenvalue weighted by Gasteiger charge is -2.37. The summed E-state index contributed by atoms with van der Waals surface area (Å²) in [7, 11) is -3.87. The average molecular weight is 447 g/mol. The topological polar surface area (TPSA) is 68.1 Å². The highest BCUT2D eigenvalue weighted by atomic mass is 35.5. The molecule has 2 aromatic carbocycles. The van der Waals surface area contributed by atoms with Crippen molar-refractivity contribution in [2.75, 3.05) is 4.31 Å². The van der Waals surface area contributed by atoms with Crippen LogP contribution in [0.4, 0.5) is 5.69 Å². The van der Waals surface area contributed by atoms with E-state index in [2.05, 4.69) is 10.2 Å². The number of rotatable bonds is 5. The fraction of sp³-hybridized carbons (Fsp3) is 0.364. The van der Waals surface area contributed by atoms with E-state index < -0.39 is 15.6 Å². The molecule has 6 nitrogen and oxygen atoms in total. The van der Waals surface area contributed by atoms with E-state index >= 15 is 0 Å². The molecule has 0 radical (unpaired) electrons. The number of sulfonamides is 1. The minimum absolute atomic E-state index is 0.104. The summed E-state index contributed by atoms with van der Waals surface area (Å²) in [5.74, 6) is 1.36. The van der Waals surface area contributed by atoms with Crippen molar-refractivity contribution in [3.63, 3.8) is 0 Å². The molecule has 0 N–H and O–H groups in total. The summed E-state index contributed by atoms with van der Waals surface area (Å²) < 4.78 is 30.9. The molecule has 0 unspecified atom stereocenters. The van der Waals surface area contributed by atoms with Gasteiger partial charge in [0, 0.05) is 22.2 Å². The van der Waals surface area contributed by atoms with Crippen molar-refractivity contribution in [2.24, 2.45) is 0 Å². The molecule has 0 fully saturated rings. The number of anilines is 1. The Morgan fingerprint density at radius 1 is 1.03 bits per heavy atom. The van der Waals surface area contributed by atoms with Gasteiger partial charge in [0.05, 0.1) is 10.6 Å². The first kappa shape index (κ1) is 22.3. The molecule has 8 heteroatoms. The Labute approximate surface area is 183 Å². The SMILES string of the molecule is Cc1nnc(-c2ccc(Cl)cc2N(C(C)(C)C)S(=O)(=O)c2ccccc2)n1C(C)C. The highest BCUT2D eigenvalue weighted by molar-refractivity contribution is 7.93. The van der Waals surface area contributed by atoms with Crippen LogP contribution in [0.3, 0.4) is 0 Å². The van der Waals surface area contributed by atoms with Gasteiger partial charge in [0.2, 0.25) is 0 Å². The Kier molecular flexibility index (Phi) is 5.98. The van der Waals surface area contributed by atoms with Gasteiger partial charge < -0.3 is 4.57 Å². The molecule has 0 amide bonds. The second-order valence-electron chi connectivity index (χ2n) is 8.45. The molecule has 0 aliphatic carbocycles. The van der Waals surface area contributed by atoms with Crippen molar-refractivity contribution in [1.82, 2.24) is 14.8 Å². The van der Waals surface area contributed by atoms with Gasteiger partial charge in [-0.25, -0.2) is 8.42 Å². The minimum Gasteiger partial charge on any atom is -0.309 e. The number of hydrogen-bond acceptors (Lipinski definition) is 4. The summed E-state index contributed by atoms with van der Waals surface area (Å²) in [6.45, 7) is 11.5. The maximum absolute atomic E-state index is 13.7. The van der Waals surface area contributed by atoms with E-state index in [4.69, 9.17) is 11.6 Å². The summed E-state index contributed by atoms with van der Waals surface area (Å²) in [5.41, 5.74) is 0.363. The number of hydrogen-bond donors (Lipinski definition) is 0. The van der Waals surface area contributed by atoms with E-state index in [0.29, 0.717) is 22.1 Å². The van der Waals surface area contributed by atoms with Crippen LogP contribution in [-0.2, 0) is 10.0 Å². The maximum Gasteiger partial charge on any atom is 0.264 e. The van der Waals surface area contributed by atoms with E-state index in [1.807, 2.05) is 46.1 Å². The van der Waals surface area contributed by atoms with Crippen molar-refractivity contribution < 1.29 is 8.42 Å². The quantitative estimate of drug-likeness (QED) is 0.520. The van der Waals surface area contributed by atoms with Crippen LogP contribution in [0.1, 0.15) is 46.5 Å². The number of aryl methyl sites for hydroxylation is 1. The predicted molar refractivity (Wildman–Crippen MR) is 121 cm³/mol. The summed E-state index contributed by atoms with van der Waals surface area (Å²) >= 11 is 6.34.